The van der Waals surface area contributed by atoms with Gasteiger partial charge in [0.1, 0.15) is 0 Å². The lowest BCUT2D eigenvalue weighted by molar-refractivity contribution is -0.121. The van der Waals surface area contributed by atoms with Gasteiger partial charge in [-0.3, -0.25) is 9.89 Å². The molecular weight excluding hydrogens is 328 g/mol. The maximum atomic E-state index is 12.4. The van der Waals surface area contributed by atoms with Crippen LogP contribution in [0.1, 0.15) is 39.5 Å². The summed E-state index contributed by atoms with van der Waals surface area (Å²) in [5, 5.41) is 12.8. The monoisotopic (exact) mass is 350 g/mol. The zero-order valence-corrected chi connectivity index (χ0v) is 15.0. The number of hydrogen-bond donors (Lipinski definition) is 2. The Hall–Kier alpha value is -1.34. The van der Waals surface area contributed by atoms with Gasteiger partial charge in [-0.1, -0.05) is 37.6 Å². The molecule has 1 saturated carbocycles. The third kappa shape index (κ3) is 4.14. The van der Waals surface area contributed by atoms with Crippen molar-refractivity contribution in [3.8, 4) is 10.7 Å². The number of aromatic nitrogens is 3. The number of carbonyl (C=O) groups is 1. The highest BCUT2D eigenvalue weighted by molar-refractivity contribution is 8.00. The van der Waals surface area contributed by atoms with Crippen LogP contribution in [0.2, 0.25) is 0 Å². The van der Waals surface area contributed by atoms with Crippen molar-refractivity contribution in [2.75, 3.05) is 0 Å². The highest BCUT2D eigenvalue weighted by Crippen LogP contribution is 2.27. The first-order valence-corrected chi connectivity index (χ1v) is 9.82. The fourth-order valence-corrected chi connectivity index (χ4v) is 4.26. The van der Waals surface area contributed by atoms with Crippen LogP contribution in [-0.2, 0) is 4.79 Å². The van der Waals surface area contributed by atoms with Crippen LogP contribution in [0.25, 0.3) is 10.7 Å². The molecule has 1 aliphatic carbocycles. The quantitative estimate of drug-likeness (QED) is 0.807. The summed E-state index contributed by atoms with van der Waals surface area (Å²) in [6.45, 7) is 4.14. The Labute approximate surface area is 144 Å². The average Bonchev–Trinajstić information content (AvgIpc) is 3.20. The van der Waals surface area contributed by atoms with Gasteiger partial charge in [-0.25, -0.2) is 4.98 Å². The molecule has 2 aromatic heterocycles. The Kier molecular flexibility index (Phi) is 5.38. The van der Waals surface area contributed by atoms with Crippen molar-refractivity contribution in [1.29, 1.82) is 0 Å². The van der Waals surface area contributed by atoms with Crippen molar-refractivity contribution in [2.45, 2.75) is 56.0 Å². The van der Waals surface area contributed by atoms with Crippen molar-refractivity contribution < 1.29 is 4.79 Å². The molecule has 5 nitrogen and oxygen atoms in total. The maximum Gasteiger partial charge on any atom is 0.233 e. The van der Waals surface area contributed by atoms with Crippen molar-refractivity contribution in [3.63, 3.8) is 0 Å². The molecular formula is C16H22N4OS2. The predicted octanol–water partition coefficient (Wildman–Crippen LogP) is 3.71. The van der Waals surface area contributed by atoms with E-state index in [1.807, 2.05) is 24.4 Å². The number of carbonyl (C=O) groups excluding carboxylic acids is 1. The van der Waals surface area contributed by atoms with Gasteiger partial charge in [-0.05, 0) is 37.1 Å². The second-order valence-corrected chi connectivity index (χ2v) is 8.34. The number of nitrogens with one attached hydrogen (secondary N) is 2. The van der Waals surface area contributed by atoms with Gasteiger partial charge in [0.25, 0.3) is 0 Å². The Morgan fingerprint density at radius 3 is 3.04 bits per heavy atom. The molecule has 0 bridgehead atoms. The molecule has 0 spiro atoms. The van der Waals surface area contributed by atoms with Crippen LogP contribution >= 0.6 is 23.1 Å². The second kappa shape index (κ2) is 7.49. The second-order valence-electron chi connectivity index (χ2n) is 6.08. The normalized spacial score (nSPS) is 22.7. The van der Waals surface area contributed by atoms with E-state index in [2.05, 4.69) is 27.4 Å². The summed E-state index contributed by atoms with van der Waals surface area (Å²) in [4.78, 5) is 17.9. The number of hydrogen-bond acceptors (Lipinski definition) is 5. The molecule has 7 heteroatoms. The van der Waals surface area contributed by atoms with Crippen molar-refractivity contribution in [2.24, 2.45) is 5.92 Å². The van der Waals surface area contributed by atoms with Gasteiger partial charge in [0.05, 0.1) is 10.1 Å². The number of thiophene rings is 1. The summed E-state index contributed by atoms with van der Waals surface area (Å²) < 4.78 is 0. The molecule has 0 aromatic carbocycles. The Morgan fingerprint density at radius 1 is 1.48 bits per heavy atom. The van der Waals surface area contributed by atoms with Crippen LogP contribution in [0.4, 0.5) is 0 Å². The molecule has 1 amide bonds. The topological polar surface area (TPSA) is 70.7 Å². The lowest BCUT2D eigenvalue weighted by Gasteiger charge is -2.30. The summed E-state index contributed by atoms with van der Waals surface area (Å²) >= 11 is 3.01. The van der Waals surface area contributed by atoms with Gasteiger partial charge in [0.15, 0.2) is 5.82 Å². The summed E-state index contributed by atoms with van der Waals surface area (Å²) in [5.41, 5.74) is 0. The third-order valence-corrected chi connectivity index (χ3v) is 6.15. The SMILES string of the molecule is C[C@@H](Sc1n[nH]c(-c2cccs2)n1)C(=O)N[C@H]1CCCC[C@@H]1C. The van der Waals surface area contributed by atoms with E-state index in [-0.39, 0.29) is 11.2 Å². The third-order valence-electron chi connectivity index (χ3n) is 4.31. The van der Waals surface area contributed by atoms with Gasteiger partial charge in [-0.2, -0.15) is 0 Å². The number of thioether (sulfide) groups is 1. The number of nitrogens with zero attached hydrogens (tertiary/aromatic N) is 2. The van der Waals surface area contributed by atoms with Crippen LogP contribution in [0.3, 0.4) is 0 Å². The van der Waals surface area contributed by atoms with E-state index in [0.717, 1.165) is 17.1 Å². The first-order chi connectivity index (χ1) is 11.1. The molecule has 124 valence electrons. The van der Waals surface area contributed by atoms with Crippen molar-refractivity contribution >= 4 is 29.0 Å². The Bertz CT molecular complexity index is 640. The molecule has 1 fully saturated rings. The minimum Gasteiger partial charge on any atom is -0.352 e. The lowest BCUT2D eigenvalue weighted by atomic mass is 9.86. The number of H-pyrrole nitrogens is 1. The minimum absolute atomic E-state index is 0.0798. The highest BCUT2D eigenvalue weighted by atomic mass is 32.2. The van der Waals surface area contributed by atoms with Crippen molar-refractivity contribution in [1.82, 2.24) is 20.5 Å². The molecule has 0 saturated heterocycles. The van der Waals surface area contributed by atoms with E-state index in [4.69, 9.17) is 0 Å². The van der Waals surface area contributed by atoms with E-state index >= 15 is 0 Å². The standard InChI is InChI=1S/C16H22N4OS2/c1-10-6-3-4-7-12(10)17-15(21)11(2)23-16-18-14(19-20-16)13-8-5-9-22-13/h5,8-12H,3-4,6-7H2,1-2H3,(H,17,21)(H,18,19,20)/t10-,11+,12-/m0/s1. The van der Waals surface area contributed by atoms with Crippen LogP contribution in [0.5, 0.6) is 0 Å². The van der Waals surface area contributed by atoms with Crippen molar-refractivity contribution in [3.05, 3.63) is 17.5 Å². The number of aromatic amines is 1. The van der Waals surface area contributed by atoms with Crippen LogP contribution in [0, 0.1) is 5.92 Å². The summed E-state index contributed by atoms with van der Waals surface area (Å²) in [7, 11) is 0. The number of amides is 1. The summed E-state index contributed by atoms with van der Waals surface area (Å²) in [6, 6.07) is 4.30. The Balaban J connectivity index is 1.56. The van der Waals surface area contributed by atoms with Gasteiger partial charge in [0.2, 0.25) is 11.1 Å². The van der Waals surface area contributed by atoms with Crippen LogP contribution in [-0.4, -0.2) is 32.4 Å². The zero-order valence-electron chi connectivity index (χ0n) is 13.4. The van der Waals surface area contributed by atoms with Crippen LogP contribution < -0.4 is 5.32 Å². The molecule has 2 heterocycles. The van der Waals surface area contributed by atoms with E-state index in [1.165, 1.54) is 31.0 Å². The van der Waals surface area contributed by atoms with Gasteiger partial charge in [-0.15, -0.1) is 16.4 Å². The van der Waals surface area contributed by atoms with Crippen LogP contribution in [0.15, 0.2) is 22.7 Å². The van der Waals surface area contributed by atoms with E-state index in [9.17, 15) is 4.79 Å². The van der Waals surface area contributed by atoms with E-state index in [0.29, 0.717) is 17.1 Å². The number of rotatable bonds is 5. The molecule has 3 rings (SSSR count). The molecule has 23 heavy (non-hydrogen) atoms. The van der Waals surface area contributed by atoms with Gasteiger partial charge >= 0.3 is 0 Å². The molecule has 1 aliphatic rings. The van der Waals surface area contributed by atoms with E-state index < -0.39 is 0 Å². The average molecular weight is 351 g/mol. The molecule has 2 aromatic rings. The predicted molar refractivity (Wildman–Crippen MR) is 94.6 cm³/mol. The molecule has 0 unspecified atom stereocenters. The first-order valence-electron chi connectivity index (χ1n) is 8.07. The van der Waals surface area contributed by atoms with Gasteiger partial charge < -0.3 is 5.32 Å². The fraction of sp³-hybridized carbons (Fsp3) is 0.562. The van der Waals surface area contributed by atoms with Gasteiger partial charge in [0, 0.05) is 6.04 Å². The highest BCUT2D eigenvalue weighted by Gasteiger charge is 2.25. The maximum absolute atomic E-state index is 12.4. The minimum atomic E-state index is -0.198. The smallest absolute Gasteiger partial charge is 0.233 e. The zero-order chi connectivity index (χ0) is 16.2. The molecule has 2 N–H and O–H groups in total. The van der Waals surface area contributed by atoms with E-state index in [1.54, 1.807) is 11.3 Å². The first kappa shape index (κ1) is 16.5. The summed E-state index contributed by atoms with van der Waals surface area (Å²) in [6.07, 6.45) is 4.79. The molecule has 0 aliphatic heterocycles. The molecule has 0 radical (unpaired) electrons. The fourth-order valence-electron chi connectivity index (χ4n) is 2.87. The summed E-state index contributed by atoms with van der Waals surface area (Å²) in [5.74, 6) is 1.41. The largest absolute Gasteiger partial charge is 0.352 e. The Morgan fingerprint density at radius 2 is 2.30 bits per heavy atom. The lowest BCUT2D eigenvalue weighted by Crippen LogP contribution is -2.44. The molecule has 3 atom stereocenters.